The molecule has 35 heavy (non-hydrogen) atoms. The summed E-state index contributed by atoms with van der Waals surface area (Å²) in [6.07, 6.45) is 5.10. The number of pyridine rings is 2. The van der Waals surface area contributed by atoms with E-state index in [9.17, 15) is 4.79 Å². The summed E-state index contributed by atoms with van der Waals surface area (Å²) in [7, 11) is 3.62. The van der Waals surface area contributed by atoms with Crippen LogP contribution in [0.5, 0.6) is 0 Å². The Morgan fingerprint density at radius 2 is 1.60 bits per heavy atom. The molecule has 1 atom stereocenters. The molecule has 176 valence electrons. The number of imidazole rings is 1. The Labute approximate surface area is 216 Å². The fraction of sp³-hybridized carbons (Fsp3) is 0.115. The lowest BCUT2D eigenvalue weighted by molar-refractivity contribution is 0.594. The largest absolute Gasteiger partial charge is 0.336 e. The third-order valence-corrected chi connectivity index (χ3v) is 6.94. The number of fused-ring (bicyclic) bond motifs is 1. The predicted molar refractivity (Wildman–Crippen MR) is 141 cm³/mol. The molecule has 0 saturated carbocycles. The Kier molecular flexibility index (Phi) is 5.93. The molecule has 0 saturated heterocycles. The van der Waals surface area contributed by atoms with Crippen molar-refractivity contribution >= 4 is 45.7 Å². The SMILES string of the molecule is Cn1cncc1C(N)(c1ccc(Cl)nc1)c1ccc2c(c1)c(-c1cc(Cl)cc(Cl)c1)cc(=O)n2C. The van der Waals surface area contributed by atoms with E-state index >= 15 is 0 Å². The van der Waals surface area contributed by atoms with Crippen LogP contribution in [0.4, 0.5) is 0 Å². The first-order valence-electron chi connectivity index (χ1n) is 10.7. The zero-order valence-corrected chi connectivity index (χ0v) is 21.1. The maximum absolute atomic E-state index is 12.8. The molecule has 5 rings (SSSR count). The topological polar surface area (TPSA) is 78.7 Å². The summed E-state index contributed by atoms with van der Waals surface area (Å²) in [5.41, 5.74) is 10.4. The van der Waals surface area contributed by atoms with E-state index in [1.807, 2.05) is 35.9 Å². The van der Waals surface area contributed by atoms with Crippen molar-refractivity contribution in [3.05, 3.63) is 116 Å². The van der Waals surface area contributed by atoms with E-state index in [-0.39, 0.29) is 5.56 Å². The first-order valence-corrected chi connectivity index (χ1v) is 11.8. The van der Waals surface area contributed by atoms with E-state index in [0.717, 1.165) is 33.3 Å². The van der Waals surface area contributed by atoms with Gasteiger partial charge in [0.25, 0.3) is 5.56 Å². The van der Waals surface area contributed by atoms with E-state index in [4.69, 9.17) is 40.5 Å². The highest BCUT2D eigenvalue weighted by Crippen LogP contribution is 2.38. The molecule has 3 heterocycles. The van der Waals surface area contributed by atoms with Gasteiger partial charge in [0.1, 0.15) is 10.7 Å². The van der Waals surface area contributed by atoms with Crippen LogP contribution < -0.4 is 11.3 Å². The van der Waals surface area contributed by atoms with Crippen LogP contribution >= 0.6 is 34.8 Å². The normalized spacial score (nSPS) is 13.2. The summed E-state index contributed by atoms with van der Waals surface area (Å²) in [4.78, 5) is 21.4. The van der Waals surface area contributed by atoms with Crippen LogP contribution in [0, 0.1) is 0 Å². The zero-order chi connectivity index (χ0) is 24.9. The molecule has 6 nitrogen and oxygen atoms in total. The standard InChI is InChI=1S/C26H20Cl3N5O/c1-33-14-31-13-23(33)26(30,17-4-6-24(29)32-12-17)16-3-5-22-21(9-16)20(11-25(35)34(22)2)15-7-18(27)10-19(28)8-15/h3-14H,30H2,1-2H3. The maximum atomic E-state index is 12.8. The molecule has 0 aliphatic rings. The van der Waals surface area contributed by atoms with Gasteiger partial charge in [0, 0.05) is 47.4 Å². The second kappa shape index (κ2) is 8.81. The Morgan fingerprint density at radius 3 is 2.23 bits per heavy atom. The monoisotopic (exact) mass is 523 g/mol. The molecule has 0 spiro atoms. The lowest BCUT2D eigenvalue weighted by Gasteiger charge is -2.31. The van der Waals surface area contributed by atoms with E-state index in [0.29, 0.717) is 20.8 Å². The van der Waals surface area contributed by atoms with Crippen molar-refractivity contribution in [1.82, 2.24) is 19.1 Å². The number of aryl methyl sites for hydroxylation is 2. The summed E-state index contributed by atoms with van der Waals surface area (Å²) in [6.45, 7) is 0. The van der Waals surface area contributed by atoms with Gasteiger partial charge >= 0.3 is 0 Å². The number of nitrogens with two attached hydrogens (primary N) is 1. The van der Waals surface area contributed by atoms with Crippen molar-refractivity contribution in [2.24, 2.45) is 19.8 Å². The van der Waals surface area contributed by atoms with E-state index < -0.39 is 5.54 Å². The predicted octanol–water partition coefficient (Wildman–Crippen LogP) is 5.54. The average Bonchev–Trinajstić information content (AvgIpc) is 3.26. The Bertz CT molecular complexity index is 1620. The zero-order valence-electron chi connectivity index (χ0n) is 18.8. The lowest BCUT2D eigenvalue weighted by atomic mass is 9.81. The van der Waals surface area contributed by atoms with Crippen LogP contribution in [0.25, 0.3) is 22.0 Å². The molecule has 3 aromatic heterocycles. The van der Waals surface area contributed by atoms with E-state index in [1.54, 1.807) is 60.7 Å². The minimum atomic E-state index is -1.10. The summed E-state index contributed by atoms with van der Waals surface area (Å²) in [5, 5.41) is 2.15. The van der Waals surface area contributed by atoms with Crippen LogP contribution in [0.2, 0.25) is 15.2 Å². The number of nitrogens with zero attached hydrogens (tertiary/aromatic N) is 4. The molecule has 1 unspecified atom stereocenters. The van der Waals surface area contributed by atoms with Gasteiger partial charge in [0.2, 0.25) is 0 Å². The quantitative estimate of drug-likeness (QED) is 0.313. The third-order valence-electron chi connectivity index (χ3n) is 6.28. The van der Waals surface area contributed by atoms with Crippen LogP contribution in [0.3, 0.4) is 0 Å². The van der Waals surface area contributed by atoms with E-state index in [1.165, 1.54) is 0 Å². The van der Waals surface area contributed by atoms with Crippen molar-refractivity contribution in [3.8, 4) is 11.1 Å². The Hall–Kier alpha value is -3.16. The first-order chi connectivity index (χ1) is 16.7. The van der Waals surface area contributed by atoms with Gasteiger partial charge in [-0.15, -0.1) is 0 Å². The van der Waals surface area contributed by atoms with Crippen LogP contribution in [-0.2, 0) is 19.6 Å². The van der Waals surface area contributed by atoms with Gasteiger partial charge in [-0.3, -0.25) is 4.79 Å². The molecule has 0 radical (unpaired) electrons. The lowest BCUT2D eigenvalue weighted by Crippen LogP contribution is -2.41. The molecule has 0 amide bonds. The number of benzene rings is 2. The number of hydrogen-bond donors (Lipinski definition) is 1. The van der Waals surface area contributed by atoms with Crippen molar-refractivity contribution < 1.29 is 0 Å². The highest BCUT2D eigenvalue weighted by molar-refractivity contribution is 6.35. The van der Waals surface area contributed by atoms with Crippen molar-refractivity contribution in [3.63, 3.8) is 0 Å². The minimum absolute atomic E-state index is 0.149. The van der Waals surface area contributed by atoms with Gasteiger partial charge < -0.3 is 14.9 Å². The average molecular weight is 525 g/mol. The number of halogens is 3. The molecule has 5 aromatic rings. The molecule has 2 N–H and O–H groups in total. The number of rotatable bonds is 4. The fourth-order valence-corrected chi connectivity index (χ4v) is 5.10. The molecular weight excluding hydrogens is 505 g/mol. The molecular formula is C26H20Cl3N5O. The maximum Gasteiger partial charge on any atom is 0.251 e. The highest BCUT2D eigenvalue weighted by atomic mass is 35.5. The molecule has 0 fully saturated rings. The summed E-state index contributed by atoms with van der Waals surface area (Å²) in [5.74, 6) is 0. The Morgan fingerprint density at radius 1 is 0.886 bits per heavy atom. The van der Waals surface area contributed by atoms with Crippen molar-refractivity contribution in [2.45, 2.75) is 5.54 Å². The van der Waals surface area contributed by atoms with Gasteiger partial charge in [-0.05, 0) is 53.1 Å². The van der Waals surface area contributed by atoms with Gasteiger partial charge in [0.05, 0.1) is 23.7 Å². The molecule has 0 aliphatic heterocycles. The molecule has 0 aliphatic carbocycles. The van der Waals surface area contributed by atoms with Gasteiger partial charge in [-0.1, -0.05) is 46.9 Å². The van der Waals surface area contributed by atoms with Gasteiger partial charge in [-0.2, -0.15) is 0 Å². The van der Waals surface area contributed by atoms with Gasteiger partial charge in [-0.25, -0.2) is 9.97 Å². The van der Waals surface area contributed by atoms with Gasteiger partial charge in [0.15, 0.2) is 0 Å². The summed E-state index contributed by atoms with van der Waals surface area (Å²) < 4.78 is 3.47. The van der Waals surface area contributed by atoms with Crippen LogP contribution in [0.15, 0.2) is 78.1 Å². The molecule has 0 bridgehead atoms. The van der Waals surface area contributed by atoms with Crippen molar-refractivity contribution in [1.29, 1.82) is 0 Å². The second-order valence-electron chi connectivity index (χ2n) is 8.41. The second-order valence-corrected chi connectivity index (χ2v) is 9.67. The minimum Gasteiger partial charge on any atom is -0.336 e. The first kappa shape index (κ1) is 23.6. The number of hydrogen-bond acceptors (Lipinski definition) is 4. The molecule has 2 aromatic carbocycles. The smallest absolute Gasteiger partial charge is 0.251 e. The van der Waals surface area contributed by atoms with Crippen LogP contribution in [0.1, 0.15) is 16.8 Å². The third kappa shape index (κ3) is 4.02. The van der Waals surface area contributed by atoms with Crippen LogP contribution in [-0.4, -0.2) is 19.1 Å². The number of aromatic nitrogens is 4. The highest BCUT2D eigenvalue weighted by Gasteiger charge is 2.35. The summed E-state index contributed by atoms with van der Waals surface area (Å²) in [6, 6.07) is 16.2. The molecule has 9 heteroatoms. The Balaban J connectivity index is 1.85. The van der Waals surface area contributed by atoms with Crippen molar-refractivity contribution in [2.75, 3.05) is 0 Å². The fourth-order valence-electron chi connectivity index (χ4n) is 4.46. The summed E-state index contributed by atoms with van der Waals surface area (Å²) >= 11 is 18.6. The van der Waals surface area contributed by atoms with E-state index in [2.05, 4.69) is 9.97 Å².